The van der Waals surface area contributed by atoms with E-state index in [1.54, 1.807) is 4.90 Å². The standard InChI is InChI=1S/C29H35N3O2/c1-21-13-14-24(19-22(21)2)26-27(29(34)32(28(26)33)25-11-7-4-8-12-25)31-17-15-30(16-18-31)20-23-9-5-3-6-10-23/h3,5-6,9-10,13-14,19,25H,4,7-8,11-12,15-18,20H2,1-2H3. The molecule has 34 heavy (non-hydrogen) atoms. The third-order valence-electron chi connectivity index (χ3n) is 7.76. The molecule has 0 spiro atoms. The predicted molar refractivity (Wildman–Crippen MR) is 135 cm³/mol. The van der Waals surface area contributed by atoms with E-state index in [-0.39, 0.29) is 17.9 Å². The Morgan fingerprint density at radius 3 is 2.18 bits per heavy atom. The SMILES string of the molecule is Cc1ccc(C2=C(N3CCN(Cc4ccccc4)CC3)C(=O)N(C3CCCCC3)C2=O)cc1C. The van der Waals surface area contributed by atoms with Gasteiger partial charge in [-0.3, -0.25) is 19.4 Å². The highest BCUT2D eigenvalue weighted by Gasteiger charge is 2.45. The second-order valence-electron chi connectivity index (χ2n) is 10.0. The lowest BCUT2D eigenvalue weighted by atomic mass is 9.94. The normalized spacial score (nSPS) is 20.5. The van der Waals surface area contributed by atoms with Gasteiger partial charge in [-0.1, -0.05) is 67.8 Å². The first kappa shape index (κ1) is 22.9. The number of rotatable bonds is 5. The molecule has 0 N–H and O–H groups in total. The summed E-state index contributed by atoms with van der Waals surface area (Å²) >= 11 is 0. The minimum atomic E-state index is -0.0955. The highest BCUT2D eigenvalue weighted by molar-refractivity contribution is 6.35. The van der Waals surface area contributed by atoms with Crippen LogP contribution >= 0.6 is 0 Å². The van der Waals surface area contributed by atoms with Crippen LogP contribution in [0.4, 0.5) is 0 Å². The number of hydrogen-bond donors (Lipinski definition) is 0. The number of benzene rings is 2. The van der Waals surface area contributed by atoms with E-state index in [0.29, 0.717) is 11.3 Å². The number of nitrogens with zero attached hydrogens (tertiary/aromatic N) is 3. The van der Waals surface area contributed by atoms with E-state index in [4.69, 9.17) is 0 Å². The van der Waals surface area contributed by atoms with Crippen molar-refractivity contribution in [1.29, 1.82) is 0 Å². The van der Waals surface area contributed by atoms with Crippen molar-refractivity contribution >= 4 is 17.4 Å². The van der Waals surface area contributed by atoms with Crippen molar-refractivity contribution in [2.45, 2.75) is 58.5 Å². The third kappa shape index (κ3) is 4.41. The van der Waals surface area contributed by atoms with E-state index in [0.717, 1.165) is 69.5 Å². The Labute approximate surface area is 203 Å². The molecule has 178 valence electrons. The molecule has 2 fully saturated rings. The van der Waals surface area contributed by atoms with Crippen molar-refractivity contribution in [1.82, 2.24) is 14.7 Å². The number of piperazine rings is 1. The van der Waals surface area contributed by atoms with Gasteiger partial charge in [0.25, 0.3) is 11.8 Å². The topological polar surface area (TPSA) is 43.9 Å². The fraction of sp³-hybridized carbons (Fsp3) is 0.448. The molecule has 5 nitrogen and oxygen atoms in total. The van der Waals surface area contributed by atoms with Gasteiger partial charge in [0.15, 0.2) is 0 Å². The summed E-state index contributed by atoms with van der Waals surface area (Å²) in [5.41, 5.74) is 5.76. The van der Waals surface area contributed by atoms with E-state index in [1.807, 2.05) is 12.1 Å². The van der Waals surface area contributed by atoms with Crippen molar-refractivity contribution in [2.75, 3.05) is 26.2 Å². The second-order valence-corrected chi connectivity index (χ2v) is 10.0. The van der Waals surface area contributed by atoms with Crippen LogP contribution < -0.4 is 0 Å². The Morgan fingerprint density at radius 1 is 0.794 bits per heavy atom. The Bertz CT molecular complexity index is 1090. The van der Waals surface area contributed by atoms with Gasteiger partial charge in [-0.2, -0.15) is 0 Å². The summed E-state index contributed by atoms with van der Waals surface area (Å²) in [4.78, 5) is 33.8. The maximum Gasteiger partial charge on any atom is 0.278 e. The summed E-state index contributed by atoms with van der Waals surface area (Å²) in [7, 11) is 0. The Hall–Kier alpha value is -2.92. The van der Waals surface area contributed by atoms with Crippen LogP contribution in [0.3, 0.4) is 0 Å². The van der Waals surface area contributed by atoms with Crippen LogP contribution in [-0.4, -0.2) is 58.7 Å². The van der Waals surface area contributed by atoms with Gasteiger partial charge in [0, 0.05) is 38.8 Å². The lowest BCUT2D eigenvalue weighted by molar-refractivity contribution is -0.141. The zero-order chi connectivity index (χ0) is 23.7. The molecule has 2 aromatic carbocycles. The fourth-order valence-electron chi connectivity index (χ4n) is 5.63. The van der Waals surface area contributed by atoms with E-state index >= 15 is 0 Å². The van der Waals surface area contributed by atoms with E-state index < -0.39 is 0 Å². The Kier molecular flexibility index (Phi) is 6.55. The van der Waals surface area contributed by atoms with Crippen LogP contribution in [-0.2, 0) is 16.1 Å². The quantitative estimate of drug-likeness (QED) is 0.619. The lowest BCUT2D eigenvalue weighted by Gasteiger charge is -2.37. The van der Waals surface area contributed by atoms with Crippen LogP contribution in [0.15, 0.2) is 54.2 Å². The van der Waals surface area contributed by atoms with Gasteiger partial charge in [-0.05, 0) is 48.9 Å². The monoisotopic (exact) mass is 457 g/mol. The van der Waals surface area contributed by atoms with Crippen LogP contribution in [0, 0.1) is 13.8 Å². The van der Waals surface area contributed by atoms with E-state index in [1.165, 1.54) is 17.5 Å². The van der Waals surface area contributed by atoms with Crippen LogP contribution in [0.5, 0.6) is 0 Å². The molecule has 1 saturated heterocycles. The first-order valence-electron chi connectivity index (χ1n) is 12.7. The maximum atomic E-state index is 13.8. The lowest BCUT2D eigenvalue weighted by Crippen LogP contribution is -2.48. The highest BCUT2D eigenvalue weighted by Crippen LogP contribution is 2.37. The average Bonchev–Trinajstić information content (AvgIpc) is 3.12. The van der Waals surface area contributed by atoms with Crippen LogP contribution in [0.2, 0.25) is 0 Å². The number of carbonyl (C=O) groups excluding carboxylic acids is 2. The van der Waals surface area contributed by atoms with Gasteiger partial charge in [0.1, 0.15) is 5.70 Å². The maximum absolute atomic E-state index is 13.8. The number of imide groups is 1. The molecule has 0 radical (unpaired) electrons. The highest BCUT2D eigenvalue weighted by atomic mass is 16.2. The number of carbonyl (C=O) groups is 2. The molecule has 2 amide bonds. The number of amides is 2. The summed E-state index contributed by atoms with van der Waals surface area (Å²) in [6.07, 6.45) is 5.23. The summed E-state index contributed by atoms with van der Waals surface area (Å²) in [5, 5.41) is 0. The molecule has 5 heteroatoms. The Morgan fingerprint density at radius 2 is 1.50 bits per heavy atom. The summed E-state index contributed by atoms with van der Waals surface area (Å²) < 4.78 is 0. The molecule has 2 heterocycles. The van der Waals surface area contributed by atoms with Gasteiger partial charge in [0.2, 0.25) is 0 Å². The zero-order valence-corrected chi connectivity index (χ0v) is 20.4. The summed E-state index contributed by atoms with van der Waals surface area (Å²) in [6.45, 7) is 8.34. The molecule has 1 aliphatic carbocycles. The van der Waals surface area contributed by atoms with Crippen molar-refractivity contribution in [3.63, 3.8) is 0 Å². The molecule has 0 unspecified atom stereocenters. The van der Waals surface area contributed by atoms with Gasteiger partial charge in [0.05, 0.1) is 5.57 Å². The van der Waals surface area contributed by atoms with Gasteiger partial charge >= 0.3 is 0 Å². The summed E-state index contributed by atoms with van der Waals surface area (Å²) in [5.74, 6) is -0.177. The largest absolute Gasteiger partial charge is 0.364 e. The molecule has 2 aromatic rings. The molecule has 1 saturated carbocycles. The first-order valence-corrected chi connectivity index (χ1v) is 12.7. The van der Waals surface area contributed by atoms with Gasteiger partial charge in [-0.15, -0.1) is 0 Å². The smallest absolute Gasteiger partial charge is 0.278 e. The Balaban J connectivity index is 1.42. The molecule has 2 aliphatic heterocycles. The minimum absolute atomic E-state index is 0.0344. The van der Waals surface area contributed by atoms with Crippen molar-refractivity contribution in [2.24, 2.45) is 0 Å². The molecule has 0 aromatic heterocycles. The number of aryl methyl sites for hydroxylation is 2. The molecular weight excluding hydrogens is 422 g/mol. The van der Waals surface area contributed by atoms with Crippen molar-refractivity contribution in [3.05, 3.63) is 76.5 Å². The zero-order valence-electron chi connectivity index (χ0n) is 20.4. The van der Waals surface area contributed by atoms with E-state index in [9.17, 15) is 9.59 Å². The van der Waals surface area contributed by atoms with Crippen molar-refractivity contribution in [3.8, 4) is 0 Å². The van der Waals surface area contributed by atoms with E-state index in [2.05, 4.69) is 60.0 Å². The molecular formula is C29H35N3O2. The molecule has 3 aliphatic rings. The first-order chi connectivity index (χ1) is 16.5. The third-order valence-corrected chi connectivity index (χ3v) is 7.76. The van der Waals surface area contributed by atoms with Crippen LogP contribution in [0.25, 0.3) is 5.57 Å². The fourth-order valence-corrected chi connectivity index (χ4v) is 5.63. The van der Waals surface area contributed by atoms with Crippen molar-refractivity contribution < 1.29 is 9.59 Å². The van der Waals surface area contributed by atoms with Gasteiger partial charge < -0.3 is 4.90 Å². The average molecular weight is 458 g/mol. The molecule has 0 atom stereocenters. The molecule has 0 bridgehead atoms. The minimum Gasteiger partial charge on any atom is -0.364 e. The molecule has 5 rings (SSSR count). The second kappa shape index (κ2) is 9.75. The predicted octanol–water partition coefficient (Wildman–Crippen LogP) is 4.53. The van der Waals surface area contributed by atoms with Crippen LogP contribution in [0.1, 0.15) is 54.4 Å². The van der Waals surface area contributed by atoms with Gasteiger partial charge in [-0.25, -0.2) is 0 Å². The number of hydrogen-bond acceptors (Lipinski definition) is 4. The summed E-state index contributed by atoms with van der Waals surface area (Å²) in [6, 6.07) is 16.7.